The number of oxime groups is 1. The molecule has 0 atom stereocenters. The van der Waals surface area contributed by atoms with Gasteiger partial charge in [-0.05, 0) is 51.7 Å². The molecule has 0 saturated heterocycles. The summed E-state index contributed by atoms with van der Waals surface area (Å²) in [6, 6.07) is 6.00. The van der Waals surface area contributed by atoms with E-state index in [1.165, 1.54) is 12.8 Å². The van der Waals surface area contributed by atoms with Gasteiger partial charge in [0, 0.05) is 5.56 Å². The predicted molar refractivity (Wildman–Crippen MR) is 68.1 cm³/mol. The lowest BCUT2D eigenvalue weighted by molar-refractivity contribution is 0.209. The highest BCUT2D eigenvalue weighted by atomic mass is 16.5. The second-order valence-corrected chi connectivity index (χ2v) is 4.71. The van der Waals surface area contributed by atoms with Crippen molar-refractivity contribution in [2.45, 2.75) is 45.6 Å². The lowest BCUT2D eigenvalue weighted by Crippen LogP contribution is -2.13. The van der Waals surface area contributed by atoms with Crippen molar-refractivity contribution >= 4 is 5.71 Å². The van der Waals surface area contributed by atoms with E-state index < -0.39 is 0 Å². The second-order valence-electron chi connectivity index (χ2n) is 4.71. The Bertz CT molecular complexity index is 420. The van der Waals surface area contributed by atoms with Crippen LogP contribution in [0.4, 0.5) is 0 Å². The van der Waals surface area contributed by atoms with Gasteiger partial charge in [0.2, 0.25) is 0 Å². The zero-order valence-corrected chi connectivity index (χ0v) is 10.4. The molecule has 0 heterocycles. The van der Waals surface area contributed by atoms with Gasteiger partial charge >= 0.3 is 0 Å². The van der Waals surface area contributed by atoms with Crippen LogP contribution in [0.25, 0.3) is 0 Å². The maximum atomic E-state index is 8.90. The van der Waals surface area contributed by atoms with Gasteiger partial charge in [-0.1, -0.05) is 16.8 Å². The Morgan fingerprint density at radius 2 is 2.06 bits per heavy atom. The molecule has 1 fully saturated rings. The smallest absolute Gasteiger partial charge is 0.128 e. The molecule has 0 amide bonds. The number of rotatable bonds is 3. The van der Waals surface area contributed by atoms with E-state index in [-0.39, 0.29) is 0 Å². The van der Waals surface area contributed by atoms with Crippen molar-refractivity contribution < 1.29 is 9.94 Å². The molecule has 0 aromatic heterocycles. The Morgan fingerprint density at radius 3 is 2.71 bits per heavy atom. The lowest BCUT2D eigenvalue weighted by atomic mass is 10.1. The van der Waals surface area contributed by atoms with Gasteiger partial charge < -0.3 is 9.94 Å². The third kappa shape index (κ3) is 2.78. The fourth-order valence-corrected chi connectivity index (χ4v) is 2.27. The number of aryl methyl sites for hydroxylation is 1. The fraction of sp³-hybridized carbons (Fsp3) is 0.500. The van der Waals surface area contributed by atoms with Crippen molar-refractivity contribution in [2.75, 3.05) is 0 Å². The number of hydrogen-bond acceptors (Lipinski definition) is 3. The van der Waals surface area contributed by atoms with Crippen LogP contribution < -0.4 is 4.74 Å². The van der Waals surface area contributed by atoms with Crippen LogP contribution in [0.5, 0.6) is 5.75 Å². The molecular formula is C14H19NO2. The molecule has 1 saturated carbocycles. The maximum absolute atomic E-state index is 8.90. The third-order valence-electron chi connectivity index (χ3n) is 3.27. The maximum Gasteiger partial charge on any atom is 0.128 e. The molecule has 0 spiro atoms. The molecule has 1 aliphatic carbocycles. The highest BCUT2D eigenvalue weighted by Gasteiger charge is 2.18. The predicted octanol–water partition coefficient (Wildman–Crippen LogP) is 3.51. The topological polar surface area (TPSA) is 41.8 Å². The summed E-state index contributed by atoms with van der Waals surface area (Å²) in [7, 11) is 0. The number of nitrogens with zero attached hydrogens (tertiary/aromatic N) is 1. The van der Waals surface area contributed by atoms with E-state index in [4.69, 9.17) is 9.94 Å². The molecule has 0 unspecified atom stereocenters. The van der Waals surface area contributed by atoms with E-state index in [1.54, 1.807) is 6.92 Å². The first-order valence-electron chi connectivity index (χ1n) is 6.17. The van der Waals surface area contributed by atoms with Crippen LogP contribution in [-0.2, 0) is 0 Å². The van der Waals surface area contributed by atoms with E-state index in [0.29, 0.717) is 11.8 Å². The van der Waals surface area contributed by atoms with Gasteiger partial charge in [-0.2, -0.15) is 0 Å². The first-order chi connectivity index (χ1) is 8.20. The summed E-state index contributed by atoms with van der Waals surface area (Å²) in [4.78, 5) is 0. The quantitative estimate of drug-likeness (QED) is 0.493. The Kier molecular flexibility index (Phi) is 3.67. The molecule has 1 N–H and O–H groups in total. The SMILES string of the molecule is C/C(=N\O)c1cc(C)ccc1OC1CCCC1. The zero-order chi connectivity index (χ0) is 12.3. The molecule has 0 aliphatic heterocycles. The van der Waals surface area contributed by atoms with Crippen molar-refractivity contribution in [1.82, 2.24) is 0 Å². The van der Waals surface area contributed by atoms with Crippen LogP contribution in [-0.4, -0.2) is 17.0 Å². The summed E-state index contributed by atoms with van der Waals surface area (Å²) in [6.45, 7) is 3.81. The average Bonchev–Trinajstić information content (AvgIpc) is 2.83. The average molecular weight is 233 g/mol. The van der Waals surface area contributed by atoms with Crippen LogP contribution in [0, 0.1) is 6.92 Å². The first-order valence-corrected chi connectivity index (χ1v) is 6.17. The molecule has 3 heteroatoms. The van der Waals surface area contributed by atoms with Gasteiger partial charge in [-0.15, -0.1) is 0 Å². The van der Waals surface area contributed by atoms with Crippen LogP contribution in [0.15, 0.2) is 23.4 Å². The molecule has 1 aromatic carbocycles. The molecule has 2 rings (SSSR count). The Balaban J connectivity index is 2.25. The van der Waals surface area contributed by atoms with Crippen LogP contribution >= 0.6 is 0 Å². The summed E-state index contributed by atoms with van der Waals surface area (Å²) in [5.74, 6) is 0.831. The molecule has 0 bridgehead atoms. The van der Waals surface area contributed by atoms with E-state index in [1.807, 2.05) is 25.1 Å². The van der Waals surface area contributed by atoms with Gasteiger partial charge in [0.25, 0.3) is 0 Å². The highest BCUT2D eigenvalue weighted by molar-refractivity contribution is 6.00. The van der Waals surface area contributed by atoms with Crippen molar-refractivity contribution in [2.24, 2.45) is 5.16 Å². The number of ether oxygens (including phenoxy) is 1. The zero-order valence-electron chi connectivity index (χ0n) is 10.4. The lowest BCUT2D eigenvalue weighted by Gasteiger charge is -2.16. The third-order valence-corrected chi connectivity index (χ3v) is 3.27. The van der Waals surface area contributed by atoms with Gasteiger partial charge in [-0.25, -0.2) is 0 Å². The minimum absolute atomic E-state index is 0.322. The Morgan fingerprint density at radius 1 is 1.35 bits per heavy atom. The largest absolute Gasteiger partial charge is 0.490 e. The van der Waals surface area contributed by atoms with E-state index >= 15 is 0 Å². The fourth-order valence-electron chi connectivity index (χ4n) is 2.27. The van der Waals surface area contributed by atoms with Gasteiger partial charge in [0.1, 0.15) is 5.75 Å². The molecule has 17 heavy (non-hydrogen) atoms. The highest BCUT2D eigenvalue weighted by Crippen LogP contribution is 2.27. The van der Waals surface area contributed by atoms with Gasteiger partial charge in [0.15, 0.2) is 0 Å². The molecule has 1 aromatic rings. The van der Waals surface area contributed by atoms with Crippen LogP contribution in [0.2, 0.25) is 0 Å². The minimum atomic E-state index is 0.322. The van der Waals surface area contributed by atoms with Crippen molar-refractivity contribution in [3.05, 3.63) is 29.3 Å². The molecular weight excluding hydrogens is 214 g/mol. The van der Waals surface area contributed by atoms with Crippen molar-refractivity contribution in [1.29, 1.82) is 0 Å². The summed E-state index contributed by atoms with van der Waals surface area (Å²) in [6.07, 6.45) is 5.08. The van der Waals surface area contributed by atoms with E-state index in [0.717, 1.165) is 29.7 Å². The monoisotopic (exact) mass is 233 g/mol. The molecule has 92 valence electrons. The van der Waals surface area contributed by atoms with Gasteiger partial charge in [-0.3, -0.25) is 0 Å². The van der Waals surface area contributed by atoms with E-state index in [9.17, 15) is 0 Å². The second kappa shape index (κ2) is 5.21. The van der Waals surface area contributed by atoms with Crippen molar-refractivity contribution in [3.8, 4) is 5.75 Å². The summed E-state index contributed by atoms with van der Waals surface area (Å²) in [5, 5.41) is 12.2. The van der Waals surface area contributed by atoms with Gasteiger partial charge in [0.05, 0.1) is 11.8 Å². The van der Waals surface area contributed by atoms with Crippen LogP contribution in [0.1, 0.15) is 43.7 Å². The summed E-state index contributed by atoms with van der Waals surface area (Å²) < 4.78 is 5.99. The number of benzene rings is 1. The minimum Gasteiger partial charge on any atom is -0.490 e. The normalized spacial score (nSPS) is 17.4. The number of hydrogen-bond donors (Lipinski definition) is 1. The Hall–Kier alpha value is -1.51. The van der Waals surface area contributed by atoms with E-state index in [2.05, 4.69) is 5.16 Å². The first kappa shape index (κ1) is 12.0. The molecule has 3 nitrogen and oxygen atoms in total. The summed E-state index contributed by atoms with van der Waals surface area (Å²) in [5.41, 5.74) is 2.63. The van der Waals surface area contributed by atoms with Crippen LogP contribution in [0.3, 0.4) is 0 Å². The molecule has 1 aliphatic rings. The summed E-state index contributed by atoms with van der Waals surface area (Å²) >= 11 is 0. The molecule has 0 radical (unpaired) electrons. The standard InChI is InChI=1S/C14H19NO2/c1-10-7-8-14(13(9-10)11(2)15-16)17-12-5-3-4-6-12/h7-9,12,16H,3-6H2,1-2H3/b15-11+. The Labute approximate surface area is 102 Å². The van der Waals surface area contributed by atoms with Crippen molar-refractivity contribution in [3.63, 3.8) is 0 Å².